The second-order valence-electron chi connectivity index (χ2n) is 15.9. The molecule has 0 N–H and O–H groups in total. The average Bonchev–Trinajstić information content (AvgIpc) is 3.37. The van der Waals surface area contributed by atoms with Crippen LogP contribution in [0.15, 0.2) is 182 Å². The van der Waals surface area contributed by atoms with Gasteiger partial charge in [0, 0.05) is 27.8 Å². The predicted molar refractivity (Wildman–Crippen MR) is 254 cm³/mol. The van der Waals surface area contributed by atoms with E-state index in [-0.39, 0.29) is 0 Å². The lowest BCUT2D eigenvalue weighted by molar-refractivity contribution is 0.952. The molecule has 0 bridgehead atoms. The summed E-state index contributed by atoms with van der Waals surface area (Å²) in [5.41, 5.74) is 10.6. The summed E-state index contributed by atoms with van der Waals surface area (Å²) in [6.07, 6.45) is 25.4. The third-order valence-corrected chi connectivity index (χ3v) is 11.9. The zero-order valence-electron chi connectivity index (χ0n) is 34.2. The Kier molecular flexibility index (Phi) is 9.87. The van der Waals surface area contributed by atoms with E-state index < -0.39 is 0 Å². The highest BCUT2D eigenvalue weighted by molar-refractivity contribution is 6.21. The molecule has 296 valence electrons. The average molecular weight is 799 g/mol. The van der Waals surface area contributed by atoms with Crippen molar-refractivity contribution in [2.24, 2.45) is 0 Å². The maximum atomic E-state index is 5.07. The summed E-state index contributed by atoms with van der Waals surface area (Å²) in [7, 11) is 0. The van der Waals surface area contributed by atoms with E-state index in [1.165, 1.54) is 32.7 Å². The van der Waals surface area contributed by atoms with Crippen LogP contribution in [0.1, 0.15) is 56.0 Å². The molecular formula is C56H42N6. The van der Waals surface area contributed by atoms with Gasteiger partial charge in [-0.05, 0) is 87.9 Å². The Hall–Kier alpha value is -7.70. The molecule has 11 rings (SSSR count). The first-order chi connectivity index (χ1) is 30.7. The molecule has 6 aromatic carbocycles. The number of aromatic nitrogens is 6. The molecule has 0 amide bonds. The first-order valence-electron chi connectivity index (χ1n) is 21.6. The van der Waals surface area contributed by atoms with Gasteiger partial charge in [0.05, 0.1) is 0 Å². The van der Waals surface area contributed by atoms with E-state index in [1.807, 2.05) is 18.2 Å². The van der Waals surface area contributed by atoms with Crippen molar-refractivity contribution in [3.63, 3.8) is 0 Å². The third kappa shape index (κ3) is 7.20. The Morgan fingerprint density at radius 2 is 0.742 bits per heavy atom. The highest BCUT2D eigenvalue weighted by Gasteiger charge is 2.20. The maximum Gasteiger partial charge on any atom is 0.164 e. The molecule has 0 aliphatic heterocycles. The van der Waals surface area contributed by atoms with Gasteiger partial charge in [-0.3, -0.25) is 0 Å². The molecule has 0 saturated carbocycles. The molecule has 3 aliphatic carbocycles. The molecule has 6 nitrogen and oxygen atoms in total. The van der Waals surface area contributed by atoms with Crippen LogP contribution in [0.2, 0.25) is 0 Å². The summed E-state index contributed by atoms with van der Waals surface area (Å²) >= 11 is 0. The fourth-order valence-corrected chi connectivity index (χ4v) is 8.79. The van der Waals surface area contributed by atoms with Gasteiger partial charge in [0.1, 0.15) is 0 Å². The summed E-state index contributed by atoms with van der Waals surface area (Å²) < 4.78 is 0. The van der Waals surface area contributed by atoms with Crippen molar-refractivity contribution >= 4 is 38.3 Å². The number of nitrogens with zero attached hydrogens (tertiary/aromatic N) is 6. The van der Waals surface area contributed by atoms with Crippen LogP contribution in [0.25, 0.3) is 94.7 Å². The Balaban J connectivity index is 1.03. The minimum atomic E-state index is 0.649. The number of hydrogen-bond acceptors (Lipinski definition) is 6. The van der Waals surface area contributed by atoms with Crippen LogP contribution in [0, 0.1) is 0 Å². The molecule has 6 heteroatoms. The summed E-state index contributed by atoms with van der Waals surface area (Å²) in [5.74, 6) is 4.15. The fourth-order valence-electron chi connectivity index (χ4n) is 8.79. The van der Waals surface area contributed by atoms with Crippen molar-refractivity contribution in [1.82, 2.24) is 29.9 Å². The van der Waals surface area contributed by atoms with E-state index in [4.69, 9.17) is 29.9 Å². The minimum Gasteiger partial charge on any atom is -0.209 e. The first kappa shape index (κ1) is 37.3. The number of benzene rings is 6. The normalized spacial score (nSPS) is 14.8. The van der Waals surface area contributed by atoms with Gasteiger partial charge >= 0.3 is 0 Å². The van der Waals surface area contributed by atoms with Crippen LogP contribution in [0.3, 0.4) is 0 Å². The van der Waals surface area contributed by atoms with Gasteiger partial charge in [-0.1, -0.05) is 182 Å². The van der Waals surface area contributed by atoms with Gasteiger partial charge < -0.3 is 0 Å². The largest absolute Gasteiger partial charge is 0.209 e. The Morgan fingerprint density at radius 1 is 0.323 bits per heavy atom. The molecule has 0 radical (unpaired) electrons. The van der Waals surface area contributed by atoms with Crippen LogP contribution in [-0.4, -0.2) is 29.9 Å². The second kappa shape index (κ2) is 16.4. The van der Waals surface area contributed by atoms with Crippen LogP contribution < -0.4 is 0 Å². The number of fused-ring (bicyclic) bond motifs is 3. The molecule has 0 fully saturated rings. The Morgan fingerprint density at radius 3 is 1.21 bits per heavy atom. The monoisotopic (exact) mass is 798 g/mol. The molecule has 62 heavy (non-hydrogen) atoms. The van der Waals surface area contributed by atoms with Crippen molar-refractivity contribution in [2.75, 3.05) is 0 Å². The third-order valence-electron chi connectivity index (χ3n) is 11.9. The van der Waals surface area contributed by atoms with Gasteiger partial charge in [0.2, 0.25) is 0 Å². The lowest BCUT2D eigenvalue weighted by atomic mass is 9.84. The van der Waals surface area contributed by atoms with Crippen LogP contribution in [0.4, 0.5) is 0 Å². The molecule has 0 atom stereocenters. The van der Waals surface area contributed by atoms with Crippen molar-refractivity contribution in [1.29, 1.82) is 0 Å². The van der Waals surface area contributed by atoms with Crippen molar-refractivity contribution in [3.8, 4) is 56.4 Å². The van der Waals surface area contributed by atoms with Gasteiger partial charge in [-0.15, -0.1) is 0 Å². The zero-order chi connectivity index (χ0) is 41.2. The van der Waals surface area contributed by atoms with Gasteiger partial charge in [-0.2, -0.15) is 0 Å². The van der Waals surface area contributed by atoms with Crippen LogP contribution in [-0.2, 0) is 0 Å². The van der Waals surface area contributed by atoms with Gasteiger partial charge in [-0.25, -0.2) is 29.9 Å². The smallest absolute Gasteiger partial charge is 0.164 e. The van der Waals surface area contributed by atoms with E-state index in [0.717, 1.165) is 94.7 Å². The molecular weight excluding hydrogens is 757 g/mol. The van der Waals surface area contributed by atoms with Crippen molar-refractivity contribution in [2.45, 2.75) is 38.5 Å². The number of hydrogen-bond donors (Lipinski definition) is 0. The highest BCUT2D eigenvalue weighted by Crippen LogP contribution is 2.45. The van der Waals surface area contributed by atoms with Gasteiger partial charge in [0.25, 0.3) is 0 Å². The van der Waals surface area contributed by atoms with E-state index in [9.17, 15) is 0 Å². The topological polar surface area (TPSA) is 77.3 Å². The van der Waals surface area contributed by atoms with Crippen molar-refractivity contribution < 1.29 is 0 Å². The van der Waals surface area contributed by atoms with Gasteiger partial charge in [0.15, 0.2) is 34.9 Å². The lowest BCUT2D eigenvalue weighted by Crippen LogP contribution is -2.06. The quantitative estimate of drug-likeness (QED) is 0.143. The molecule has 0 spiro atoms. The van der Waals surface area contributed by atoms with Crippen LogP contribution in [0.5, 0.6) is 0 Å². The summed E-state index contributed by atoms with van der Waals surface area (Å²) in [5, 5.41) is 4.82. The van der Waals surface area contributed by atoms with E-state index >= 15 is 0 Å². The molecule has 0 saturated heterocycles. The second-order valence-corrected chi connectivity index (χ2v) is 15.9. The maximum absolute atomic E-state index is 5.07. The summed E-state index contributed by atoms with van der Waals surface area (Å²) in [6, 6.07) is 45.2. The first-order valence-corrected chi connectivity index (χ1v) is 21.6. The number of allylic oxidation sites excluding steroid dienone is 12. The molecule has 3 aliphatic rings. The predicted octanol–water partition coefficient (Wildman–Crippen LogP) is 13.9. The lowest BCUT2D eigenvalue weighted by Gasteiger charge is -2.19. The standard InChI is InChI=1S/C56H42N6/c1-5-17-39(18-6-1)51-57-52(40-19-7-2-8-20-40)60-55(59-51)43-33-29-37(30-34-43)49-47-27-15-13-25-45(47)46-26-14-16-28-48(46)50(49)38-31-35-44(36-32-38)56-61-53(41-21-9-3-10-22-41)58-54(62-56)42-23-11-4-12-24-42/h1,3,5-7,9,11,13-21,23-36H,2,4,8,10,12,22H2. The zero-order valence-corrected chi connectivity index (χ0v) is 34.2. The van der Waals surface area contributed by atoms with E-state index in [0.29, 0.717) is 23.3 Å². The Bertz CT molecular complexity index is 3210. The molecule has 2 aromatic heterocycles. The molecule has 0 unspecified atom stereocenters. The number of rotatable bonds is 8. The SMILES string of the molecule is C1=CCCC(c2nc(C3=CCCC=C3)nc(-c3ccc(-c4c(-c5ccc(-c6nc(C7=CCCC=C7)nc(-c7ccccc7)n6)cc5)c5ccccc5c5ccccc45)cc3)n2)=C1. The fraction of sp³-hybridized carbons (Fsp3) is 0.107. The minimum absolute atomic E-state index is 0.649. The highest BCUT2D eigenvalue weighted by atomic mass is 15.0. The molecule has 2 heterocycles. The van der Waals surface area contributed by atoms with E-state index in [1.54, 1.807) is 0 Å². The Labute approximate surface area is 361 Å². The summed E-state index contributed by atoms with van der Waals surface area (Å²) in [4.78, 5) is 30.1. The summed E-state index contributed by atoms with van der Waals surface area (Å²) in [6.45, 7) is 0. The van der Waals surface area contributed by atoms with Crippen LogP contribution >= 0.6 is 0 Å². The molecule has 8 aromatic rings. The van der Waals surface area contributed by atoms with E-state index in [2.05, 4.69) is 164 Å². The van der Waals surface area contributed by atoms with Crippen molar-refractivity contribution in [3.05, 3.63) is 200 Å².